The van der Waals surface area contributed by atoms with Crippen LogP contribution in [0.5, 0.6) is 0 Å². The molecule has 4 heteroatoms. The van der Waals surface area contributed by atoms with E-state index in [0.29, 0.717) is 6.42 Å². The maximum absolute atomic E-state index is 11.6. The highest BCUT2D eigenvalue weighted by molar-refractivity contribution is 5.78. The molecule has 2 fully saturated rings. The number of nitrogens with zero attached hydrogens (tertiary/aromatic N) is 1. The van der Waals surface area contributed by atoms with Gasteiger partial charge in [-0.3, -0.25) is 14.9 Å². The van der Waals surface area contributed by atoms with Gasteiger partial charge < -0.3 is 0 Å². The van der Waals surface area contributed by atoms with Crippen LogP contribution >= 0.6 is 0 Å². The standard InChI is InChI=1S/C12H19NO3/c1-8(14)9-4-2-6-11-10(9)5-3-7-12(11)13(15)16/h9-12H,2-7H2,1H3/t9-,10?,11?,12+/m0/s1. The molecule has 4 nitrogen and oxygen atoms in total. The number of fused-ring (bicyclic) bond motifs is 1. The average Bonchev–Trinajstić information content (AvgIpc) is 2.27. The first-order valence-corrected chi connectivity index (χ1v) is 6.25. The second-order valence-electron chi connectivity index (χ2n) is 5.26. The van der Waals surface area contributed by atoms with Gasteiger partial charge in [0.05, 0.1) is 0 Å². The van der Waals surface area contributed by atoms with Crippen molar-refractivity contribution in [3.8, 4) is 0 Å². The van der Waals surface area contributed by atoms with E-state index >= 15 is 0 Å². The molecular weight excluding hydrogens is 206 g/mol. The van der Waals surface area contributed by atoms with Crippen molar-refractivity contribution in [3.63, 3.8) is 0 Å². The van der Waals surface area contributed by atoms with E-state index in [1.165, 1.54) is 0 Å². The van der Waals surface area contributed by atoms with Crippen molar-refractivity contribution >= 4 is 5.78 Å². The summed E-state index contributed by atoms with van der Waals surface area (Å²) in [4.78, 5) is 22.5. The number of rotatable bonds is 2. The van der Waals surface area contributed by atoms with E-state index in [0.717, 1.165) is 32.1 Å². The zero-order valence-corrected chi connectivity index (χ0v) is 9.72. The Labute approximate surface area is 95.6 Å². The van der Waals surface area contributed by atoms with Crippen LogP contribution in [0.15, 0.2) is 0 Å². The molecule has 0 radical (unpaired) electrons. The van der Waals surface area contributed by atoms with Gasteiger partial charge in [-0.2, -0.15) is 0 Å². The van der Waals surface area contributed by atoms with E-state index in [-0.39, 0.29) is 34.5 Å². The molecule has 0 N–H and O–H groups in total. The summed E-state index contributed by atoms with van der Waals surface area (Å²) in [7, 11) is 0. The van der Waals surface area contributed by atoms with E-state index in [4.69, 9.17) is 0 Å². The largest absolute Gasteiger partial charge is 0.300 e. The van der Waals surface area contributed by atoms with Crippen molar-refractivity contribution < 1.29 is 9.72 Å². The highest BCUT2D eigenvalue weighted by atomic mass is 16.6. The van der Waals surface area contributed by atoms with E-state index in [2.05, 4.69) is 0 Å². The van der Waals surface area contributed by atoms with Crippen molar-refractivity contribution in [2.24, 2.45) is 17.8 Å². The number of nitro groups is 1. The Bertz CT molecular complexity index is 273. The fraction of sp³-hybridized carbons (Fsp3) is 0.917. The summed E-state index contributed by atoms with van der Waals surface area (Å²) in [5.41, 5.74) is 0. The second-order valence-corrected chi connectivity index (χ2v) is 5.26. The van der Waals surface area contributed by atoms with Crippen molar-refractivity contribution in [3.05, 3.63) is 10.1 Å². The summed E-state index contributed by atoms with van der Waals surface area (Å²) >= 11 is 0. The number of ketones is 1. The lowest BCUT2D eigenvalue weighted by atomic mass is 9.63. The minimum atomic E-state index is -0.388. The molecule has 90 valence electrons. The van der Waals surface area contributed by atoms with Gasteiger partial charge in [-0.05, 0) is 38.5 Å². The average molecular weight is 225 g/mol. The first-order valence-electron chi connectivity index (χ1n) is 6.25. The lowest BCUT2D eigenvalue weighted by Crippen LogP contribution is -2.44. The van der Waals surface area contributed by atoms with Crippen LogP contribution in [0.1, 0.15) is 45.4 Å². The quantitative estimate of drug-likeness (QED) is 0.535. The summed E-state index contributed by atoms with van der Waals surface area (Å²) in [5, 5.41) is 11.0. The van der Waals surface area contributed by atoms with Crippen LogP contribution in [0.4, 0.5) is 0 Å². The molecule has 0 saturated heterocycles. The molecule has 4 atom stereocenters. The summed E-state index contributed by atoms with van der Waals surface area (Å²) in [5.74, 6) is 0.780. The van der Waals surface area contributed by atoms with Crippen molar-refractivity contribution in [1.82, 2.24) is 0 Å². The van der Waals surface area contributed by atoms with Gasteiger partial charge in [0.15, 0.2) is 0 Å². The summed E-state index contributed by atoms with van der Waals surface area (Å²) in [6, 6.07) is -0.388. The first-order chi connectivity index (χ1) is 7.61. The Hall–Kier alpha value is -0.930. The smallest absolute Gasteiger partial charge is 0.216 e. The predicted molar refractivity (Wildman–Crippen MR) is 59.6 cm³/mol. The van der Waals surface area contributed by atoms with Crippen LogP contribution in [0.2, 0.25) is 0 Å². The van der Waals surface area contributed by atoms with Crippen LogP contribution in [-0.4, -0.2) is 16.7 Å². The third kappa shape index (κ3) is 1.97. The molecule has 0 spiro atoms. The number of hydrogen-bond donors (Lipinski definition) is 0. The molecule has 0 amide bonds. The normalized spacial score (nSPS) is 38.8. The molecular formula is C12H19NO3. The molecule has 2 unspecified atom stereocenters. The third-order valence-electron chi connectivity index (χ3n) is 4.44. The van der Waals surface area contributed by atoms with Crippen LogP contribution in [-0.2, 0) is 4.79 Å². The highest BCUT2D eigenvalue weighted by Gasteiger charge is 2.46. The monoisotopic (exact) mass is 225 g/mol. The molecule has 0 aromatic heterocycles. The summed E-state index contributed by atoms with van der Waals surface area (Å²) in [6.45, 7) is 1.64. The van der Waals surface area contributed by atoms with Crippen molar-refractivity contribution in [2.75, 3.05) is 0 Å². The molecule has 0 aliphatic heterocycles. The first kappa shape index (κ1) is 11.6. The Morgan fingerprint density at radius 3 is 2.38 bits per heavy atom. The van der Waals surface area contributed by atoms with Crippen LogP contribution in [0, 0.1) is 27.9 Å². The second kappa shape index (κ2) is 4.52. The van der Waals surface area contributed by atoms with Gasteiger partial charge in [-0.25, -0.2) is 0 Å². The van der Waals surface area contributed by atoms with Crippen LogP contribution in [0.3, 0.4) is 0 Å². The molecule has 0 heterocycles. The van der Waals surface area contributed by atoms with Gasteiger partial charge in [0.1, 0.15) is 5.78 Å². The number of carbonyl (C=O) groups excluding carboxylic acids is 1. The van der Waals surface area contributed by atoms with E-state index in [1.807, 2.05) is 0 Å². The predicted octanol–water partition coefficient (Wildman–Crippen LogP) is 2.44. The van der Waals surface area contributed by atoms with Crippen LogP contribution < -0.4 is 0 Å². The zero-order valence-electron chi connectivity index (χ0n) is 9.72. The Balaban J connectivity index is 2.17. The van der Waals surface area contributed by atoms with Crippen molar-refractivity contribution in [2.45, 2.75) is 51.5 Å². The molecule has 2 aliphatic rings. The van der Waals surface area contributed by atoms with Crippen molar-refractivity contribution in [1.29, 1.82) is 0 Å². The van der Waals surface area contributed by atoms with Gasteiger partial charge in [0.2, 0.25) is 6.04 Å². The van der Waals surface area contributed by atoms with E-state index in [1.54, 1.807) is 6.92 Å². The fourth-order valence-corrected chi connectivity index (χ4v) is 3.74. The molecule has 2 aliphatic carbocycles. The number of carbonyl (C=O) groups is 1. The van der Waals surface area contributed by atoms with Gasteiger partial charge in [0, 0.05) is 23.2 Å². The lowest BCUT2D eigenvalue weighted by Gasteiger charge is -2.41. The minimum absolute atomic E-state index is 0.0986. The number of hydrogen-bond acceptors (Lipinski definition) is 3. The van der Waals surface area contributed by atoms with Gasteiger partial charge >= 0.3 is 0 Å². The molecule has 2 rings (SSSR count). The van der Waals surface area contributed by atoms with E-state index < -0.39 is 0 Å². The Kier molecular flexibility index (Phi) is 3.26. The minimum Gasteiger partial charge on any atom is -0.300 e. The Morgan fingerprint density at radius 1 is 1.12 bits per heavy atom. The fourth-order valence-electron chi connectivity index (χ4n) is 3.74. The third-order valence-corrected chi connectivity index (χ3v) is 4.44. The van der Waals surface area contributed by atoms with Gasteiger partial charge in [-0.15, -0.1) is 0 Å². The summed E-state index contributed by atoms with van der Waals surface area (Å²) < 4.78 is 0. The molecule has 0 bridgehead atoms. The molecule has 0 aromatic carbocycles. The summed E-state index contributed by atoms with van der Waals surface area (Å²) in [6.07, 6.45) is 5.51. The topological polar surface area (TPSA) is 60.2 Å². The molecule has 2 saturated carbocycles. The maximum atomic E-state index is 11.6. The zero-order chi connectivity index (χ0) is 11.7. The number of Topliss-reactive ketones (excluding diaryl/α,β-unsaturated/α-hetero) is 1. The van der Waals surface area contributed by atoms with Gasteiger partial charge in [-0.1, -0.05) is 6.42 Å². The maximum Gasteiger partial charge on any atom is 0.216 e. The highest BCUT2D eigenvalue weighted by Crippen LogP contribution is 2.44. The lowest BCUT2D eigenvalue weighted by molar-refractivity contribution is -0.539. The Morgan fingerprint density at radius 2 is 1.75 bits per heavy atom. The van der Waals surface area contributed by atoms with E-state index in [9.17, 15) is 14.9 Å². The molecule has 16 heavy (non-hydrogen) atoms. The van der Waals surface area contributed by atoms with Gasteiger partial charge in [0.25, 0.3) is 0 Å². The SMILES string of the molecule is CC(=O)[C@@H]1CCCC2C1CCC[C@H]2[N+](=O)[O-]. The van der Waals surface area contributed by atoms with Crippen LogP contribution in [0.25, 0.3) is 0 Å². The molecule has 0 aromatic rings.